The molecule has 0 unspecified atom stereocenters. The van der Waals surface area contributed by atoms with Crippen LogP contribution in [0.25, 0.3) is 0 Å². The third-order valence-corrected chi connectivity index (χ3v) is 8.00. The summed E-state index contributed by atoms with van der Waals surface area (Å²) in [7, 11) is -2.12. The van der Waals surface area contributed by atoms with Crippen molar-refractivity contribution in [1.29, 1.82) is 0 Å². The van der Waals surface area contributed by atoms with Gasteiger partial charge in [-0.15, -0.1) is 0 Å². The van der Waals surface area contributed by atoms with Gasteiger partial charge in [-0.05, 0) is 38.9 Å². The monoisotopic (exact) mass is 337 g/mol. The van der Waals surface area contributed by atoms with E-state index in [1.54, 1.807) is 20.8 Å². The van der Waals surface area contributed by atoms with Gasteiger partial charge in [0.15, 0.2) is 8.32 Å². The van der Waals surface area contributed by atoms with Gasteiger partial charge in [-0.3, -0.25) is 0 Å². The Balaban J connectivity index is 4.61. The Bertz CT molecular complexity index is 419. The van der Waals surface area contributed by atoms with Gasteiger partial charge in [0.25, 0.3) is 6.08 Å². The highest BCUT2D eigenvalue weighted by atomic mass is 28.4. The maximum Gasteiger partial charge on any atom is 0.407 e. The van der Waals surface area contributed by atoms with Crippen molar-refractivity contribution in [3.63, 3.8) is 0 Å². The summed E-state index contributed by atoms with van der Waals surface area (Å²) in [4.78, 5) is 11.5. The molecule has 0 aliphatic heterocycles. The second-order valence-electron chi connectivity index (χ2n) is 7.77. The summed E-state index contributed by atoms with van der Waals surface area (Å²) in [5, 5.41) is 2.27. The zero-order valence-corrected chi connectivity index (χ0v) is 15.9. The fraction of sp³-hybridized carbons (Fsp3) is 0.800. The molecule has 0 spiro atoms. The molecule has 0 aliphatic rings. The fourth-order valence-corrected chi connectivity index (χ4v) is 2.12. The lowest BCUT2D eigenvalue weighted by Crippen LogP contribution is -2.42. The minimum absolute atomic E-state index is 0.0660. The van der Waals surface area contributed by atoms with Crippen LogP contribution in [0.5, 0.6) is 0 Å². The van der Waals surface area contributed by atoms with Gasteiger partial charge in [-0.25, -0.2) is 4.79 Å². The van der Waals surface area contributed by atoms with Crippen LogP contribution in [0.1, 0.15) is 41.5 Å². The largest absolute Gasteiger partial charge is 0.444 e. The van der Waals surface area contributed by atoms with E-state index in [4.69, 9.17) is 9.16 Å². The number of rotatable bonds is 5. The number of amides is 1. The molecule has 7 heteroatoms. The molecule has 22 heavy (non-hydrogen) atoms. The van der Waals surface area contributed by atoms with Gasteiger partial charge in [0.1, 0.15) is 5.60 Å². The quantitative estimate of drug-likeness (QED) is 0.741. The van der Waals surface area contributed by atoms with Gasteiger partial charge < -0.3 is 14.5 Å². The Morgan fingerprint density at radius 2 is 1.59 bits per heavy atom. The molecule has 0 atom stereocenters. The molecule has 0 rings (SSSR count). The first-order chi connectivity index (χ1) is 9.66. The van der Waals surface area contributed by atoms with Crippen LogP contribution in [0.2, 0.25) is 18.1 Å². The van der Waals surface area contributed by atoms with Crippen molar-refractivity contribution >= 4 is 14.4 Å². The van der Waals surface area contributed by atoms with E-state index in [0.717, 1.165) is 0 Å². The zero-order valence-electron chi connectivity index (χ0n) is 14.9. The zero-order chi connectivity index (χ0) is 17.8. The van der Waals surface area contributed by atoms with Gasteiger partial charge in [-0.1, -0.05) is 20.8 Å². The van der Waals surface area contributed by atoms with Crippen molar-refractivity contribution in [1.82, 2.24) is 5.32 Å². The topological polar surface area (TPSA) is 47.6 Å². The Hall–Kier alpha value is -0.953. The first-order valence-corrected chi connectivity index (χ1v) is 10.2. The Morgan fingerprint density at radius 1 is 1.09 bits per heavy atom. The Kier molecular flexibility index (Phi) is 7.22. The van der Waals surface area contributed by atoms with Gasteiger partial charge in [0, 0.05) is 12.1 Å². The third kappa shape index (κ3) is 7.89. The minimum Gasteiger partial charge on any atom is -0.444 e. The van der Waals surface area contributed by atoms with E-state index in [2.05, 4.69) is 5.32 Å². The number of carbonyl (C=O) groups excluding carboxylic acids is 1. The smallest absolute Gasteiger partial charge is 0.407 e. The predicted octanol–water partition coefficient (Wildman–Crippen LogP) is 4.68. The van der Waals surface area contributed by atoms with Crippen molar-refractivity contribution in [3.8, 4) is 0 Å². The Labute approximate surface area is 133 Å². The van der Waals surface area contributed by atoms with E-state index in [1.807, 2.05) is 33.9 Å². The lowest BCUT2D eigenvalue weighted by molar-refractivity contribution is 0.0531. The summed E-state index contributed by atoms with van der Waals surface area (Å²) in [6.45, 7) is 14.7. The molecular weight excluding hydrogens is 308 g/mol. The normalized spacial score (nSPS) is 12.8. The number of alkyl carbamates (subject to hydrolysis) is 1. The standard InChI is InChI=1S/C15H29F2NO3Si/c1-14(2,3)21-13(19)18-9-11(12(16)17)10-20-22(7,8)15(4,5)6/h9-10H2,1-8H3,(H,18,19). The summed E-state index contributed by atoms with van der Waals surface area (Å²) in [6, 6.07) is 0. The molecule has 0 heterocycles. The molecule has 1 N–H and O–H groups in total. The molecule has 0 radical (unpaired) electrons. The SMILES string of the molecule is CC(C)(C)OC(=O)NCC(CO[Si](C)(C)C(C)(C)C)=C(F)F. The Morgan fingerprint density at radius 3 is 1.95 bits per heavy atom. The summed E-state index contributed by atoms with van der Waals surface area (Å²) in [5.41, 5.74) is -0.893. The second kappa shape index (κ2) is 7.54. The van der Waals surface area contributed by atoms with Crippen molar-refractivity contribution < 1.29 is 22.7 Å². The molecule has 130 valence electrons. The summed E-state index contributed by atoms with van der Waals surface area (Å²) < 4.78 is 36.7. The fourth-order valence-electron chi connectivity index (χ4n) is 1.15. The lowest BCUT2D eigenvalue weighted by atomic mass is 10.2. The summed E-state index contributed by atoms with van der Waals surface area (Å²) >= 11 is 0. The van der Waals surface area contributed by atoms with E-state index in [1.165, 1.54) is 0 Å². The number of hydrogen-bond donors (Lipinski definition) is 1. The van der Waals surface area contributed by atoms with E-state index in [0.29, 0.717) is 0 Å². The maximum atomic E-state index is 13.0. The molecule has 1 amide bonds. The van der Waals surface area contributed by atoms with E-state index in [9.17, 15) is 13.6 Å². The number of carbonyl (C=O) groups is 1. The molecule has 0 aromatic heterocycles. The van der Waals surface area contributed by atoms with Crippen molar-refractivity contribution in [2.75, 3.05) is 13.2 Å². The molecule has 0 bridgehead atoms. The number of hydrogen-bond acceptors (Lipinski definition) is 3. The second-order valence-corrected chi connectivity index (χ2v) is 12.6. The van der Waals surface area contributed by atoms with Crippen LogP contribution in [0.4, 0.5) is 13.6 Å². The van der Waals surface area contributed by atoms with Gasteiger partial charge >= 0.3 is 6.09 Å². The molecule has 0 saturated heterocycles. The van der Waals surface area contributed by atoms with Crippen LogP contribution in [0.15, 0.2) is 11.7 Å². The minimum atomic E-state index is -2.12. The van der Waals surface area contributed by atoms with E-state index >= 15 is 0 Å². The third-order valence-electron chi connectivity index (χ3n) is 3.53. The van der Waals surface area contributed by atoms with E-state index < -0.39 is 26.1 Å². The highest BCUT2D eigenvalue weighted by molar-refractivity contribution is 6.74. The molecule has 0 aromatic rings. The number of nitrogens with one attached hydrogen (secondary N) is 1. The van der Waals surface area contributed by atoms with Gasteiger partial charge in [0.2, 0.25) is 0 Å². The van der Waals surface area contributed by atoms with Crippen molar-refractivity contribution in [2.45, 2.75) is 65.3 Å². The number of halogens is 2. The van der Waals surface area contributed by atoms with Crippen LogP contribution < -0.4 is 5.32 Å². The van der Waals surface area contributed by atoms with Crippen LogP contribution in [0.3, 0.4) is 0 Å². The van der Waals surface area contributed by atoms with Crippen molar-refractivity contribution in [2.24, 2.45) is 0 Å². The maximum absolute atomic E-state index is 13.0. The number of ether oxygens (including phenoxy) is 1. The lowest BCUT2D eigenvalue weighted by Gasteiger charge is -2.36. The van der Waals surface area contributed by atoms with Crippen LogP contribution in [-0.2, 0) is 9.16 Å². The van der Waals surface area contributed by atoms with Crippen molar-refractivity contribution in [3.05, 3.63) is 11.7 Å². The summed E-state index contributed by atoms with van der Waals surface area (Å²) in [5.74, 6) is 0. The highest BCUT2D eigenvalue weighted by Gasteiger charge is 2.37. The molecule has 0 fully saturated rings. The van der Waals surface area contributed by atoms with E-state index in [-0.39, 0.29) is 23.8 Å². The average Bonchev–Trinajstić information content (AvgIpc) is 2.23. The molecule has 0 aliphatic carbocycles. The first-order valence-electron chi connectivity index (χ1n) is 7.29. The molecule has 4 nitrogen and oxygen atoms in total. The predicted molar refractivity (Wildman–Crippen MR) is 86.6 cm³/mol. The molecule has 0 saturated carbocycles. The highest BCUT2D eigenvalue weighted by Crippen LogP contribution is 2.36. The average molecular weight is 337 g/mol. The molecular formula is C15H29F2NO3Si. The van der Waals surface area contributed by atoms with Crippen LogP contribution in [0, 0.1) is 0 Å². The van der Waals surface area contributed by atoms with Crippen LogP contribution in [-0.4, -0.2) is 33.2 Å². The van der Waals surface area contributed by atoms with Crippen LogP contribution >= 0.6 is 0 Å². The molecule has 0 aromatic carbocycles. The van der Waals surface area contributed by atoms with Gasteiger partial charge in [-0.2, -0.15) is 8.78 Å². The summed E-state index contributed by atoms with van der Waals surface area (Å²) in [6.07, 6.45) is -2.55. The van der Waals surface area contributed by atoms with Gasteiger partial charge in [0.05, 0.1) is 6.61 Å². The first kappa shape index (κ1) is 21.0.